The molecule has 2 rings (SSSR count). The SMILES string of the molecule is CCCOc1c(Cl)cc(C(=O)Nc2cnn(C(C)(C)C(=O)O)c2)cc1OC. The minimum Gasteiger partial charge on any atom is -0.493 e. The van der Waals surface area contributed by atoms with Gasteiger partial charge < -0.3 is 19.9 Å². The molecule has 0 aliphatic carbocycles. The van der Waals surface area contributed by atoms with Gasteiger partial charge in [-0.15, -0.1) is 0 Å². The molecule has 0 spiro atoms. The van der Waals surface area contributed by atoms with Gasteiger partial charge in [0.05, 0.1) is 30.6 Å². The first-order chi connectivity index (χ1) is 12.7. The molecule has 9 heteroatoms. The molecule has 0 bridgehead atoms. The van der Waals surface area contributed by atoms with E-state index in [2.05, 4.69) is 10.4 Å². The number of methoxy groups -OCH3 is 1. The zero-order valence-electron chi connectivity index (χ0n) is 15.6. The number of hydrogen-bond acceptors (Lipinski definition) is 5. The molecular weight excluding hydrogens is 374 g/mol. The number of hydrogen-bond donors (Lipinski definition) is 2. The summed E-state index contributed by atoms with van der Waals surface area (Å²) in [6.45, 7) is 5.45. The molecule has 0 fully saturated rings. The Morgan fingerprint density at radius 3 is 2.67 bits per heavy atom. The lowest BCUT2D eigenvalue weighted by Gasteiger charge is -2.19. The summed E-state index contributed by atoms with van der Waals surface area (Å²) < 4.78 is 12.1. The van der Waals surface area contributed by atoms with E-state index in [0.29, 0.717) is 23.8 Å². The highest BCUT2D eigenvalue weighted by atomic mass is 35.5. The molecule has 1 aromatic carbocycles. The Labute approximate surface area is 162 Å². The molecule has 0 aliphatic rings. The Bertz CT molecular complexity index is 848. The van der Waals surface area contributed by atoms with Crippen molar-refractivity contribution in [3.05, 3.63) is 35.1 Å². The lowest BCUT2D eigenvalue weighted by atomic mass is 10.1. The van der Waals surface area contributed by atoms with Gasteiger partial charge in [-0.2, -0.15) is 5.10 Å². The summed E-state index contributed by atoms with van der Waals surface area (Å²) in [5.74, 6) is -0.745. The number of carbonyl (C=O) groups is 2. The van der Waals surface area contributed by atoms with Crippen molar-refractivity contribution in [2.75, 3.05) is 19.0 Å². The van der Waals surface area contributed by atoms with E-state index in [0.717, 1.165) is 6.42 Å². The van der Waals surface area contributed by atoms with E-state index in [-0.39, 0.29) is 10.6 Å². The fourth-order valence-corrected chi connectivity index (χ4v) is 2.45. The standard InChI is InChI=1S/C18H22ClN3O5/c1-5-6-27-15-13(19)7-11(8-14(15)26-4)16(23)21-12-9-20-22(10-12)18(2,3)17(24)25/h7-10H,5-6H2,1-4H3,(H,21,23)(H,24,25). The van der Waals surface area contributed by atoms with Crippen LogP contribution in [-0.2, 0) is 10.3 Å². The second-order valence-corrected chi connectivity index (χ2v) is 6.74. The first-order valence-corrected chi connectivity index (χ1v) is 8.68. The predicted molar refractivity (Wildman–Crippen MR) is 101 cm³/mol. The van der Waals surface area contributed by atoms with Crippen LogP contribution in [0.3, 0.4) is 0 Å². The highest BCUT2D eigenvalue weighted by molar-refractivity contribution is 6.32. The summed E-state index contributed by atoms with van der Waals surface area (Å²) >= 11 is 6.23. The van der Waals surface area contributed by atoms with Crippen molar-refractivity contribution < 1.29 is 24.2 Å². The number of aromatic nitrogens is 2. The third-order valence-corrected chi connectivity index (χ3v) is 4.16. The van der Waals surface area contributed by atoms with Gasteiger partial charge in [-0.05, 0) is 32.4 Å². The number of nitrogens with zero attached hydrogens (tertiary/aromatic N) is 2. The van der Waals surface area contributed by atoms with Crippen molar-refractivity contribution in [3.63, 3.8) is 0 Å². The smallest absolute Gasteiger partial charge is 0.331 e. The molecule has 0 atom stereocenters. The van der Waals surface area contributed by atoms with Crippen LogP contribution < -0.4 is 14.8 Å². The molecule has 0 unspecified atom stereocenters. The highest BCUT2D eigenvalue weighted by Gasteiger charge is 2.30. The summed E-state index contributed by atoms with van der Waals surface area (Å²) in [6.07, 6.45) is 3.63. The summed E-state index contributed by atoms with van der Waals surface area (Å²) in [5, 5.41) is 16.2. The van der Waals surface area contributed by atoms with Crippen molar-refractivity contribution in [2.24, 2.45) is 0 Å². The number of anilines is 1. The van der Waals surface area contributed by atoms with Gasteiger partial charge in [-0.3, -0.25) is 9.48 Å². The van der Waals surface area contributed by atoms with E-state index in [1.165, 1.54) is 50.2 Å². The minimum atomic E-state index is -1.24. The molecule has 0 aliphatic heterocycles. The Kier molecular flexibility index (Phi) is 6.32. The van der Waals surface area contributed by atoms with Gasteiger partial charge in [0.1, 0.15) is 0 Å². The Morgan fingerprint density at radius 2 is 2.07 bits per heavy atom. The van der Waals surface area contributed by atoms with E-state index in [1.54, 1.807) is 0 Å². The number of carboxylic acid groups (broad SMARTS) is 1. The number of aliphatic carboxylic acids is 1. The molecule has 0 saturated heterocycles. The second kappa shape index (κ2) is 8.30. The summed E-state index contributed by atoms with van der Waals surface area (Å²) in [5.41, 5.74) is -0.616. The largest absolute Gasteiger partial charge is 0.493 e. The third-order valence-electron chi connectivity index (χ3n) is 3.88. The van der Waals surface area contributed by atoms with E-state index in [1.807, 2.05) is 6.92 Å². The average Bonchev–Trinajstić information content (AvgIpc) is 3.09. The van der Waals surface area contributed by atoms with Crippen molar-refractivity contribution in [1.29, 1.82) is 0 Å². The van der Waals surface area contributed by atoms with E-state index in [9.17, 15) is 14.7 Å². The van der Waals surface area contributed by atoms with Crippen LogP contribution in [0.15, 0.2) is 24.5 Å². The topological polar surface area (TPSA) is 103 Å². The van der Waals surface area contributed by atoms with Crippen LogP contribution >= 0.6 is 11.6 Å². The zero-order valence-corrected chi connectivity index (χ0v) is 16.3. The van der Waals surface area contributed by atoms with Crippen molar-refractivity contribution >= 4 is 29.2 Å². The van der Waals surface area contributed by atoms with Gasteiger partial charge in [0.2, 0.25) is 0 Å². The van der Waals surface area contributed by atoms with E-state index < -0.39 is 17.4 Å². The molecule has 146 valence electrons. The third kappa shape index (κ3) is 4.51. The fourth-order valence-electron chi connectivity index (χ4n) is 2.19. The van der Waals surface area contributed by atoms with Crippen LogP contribution in [0.25, 0.3) is 0 Å². The van der Waals surface area contributed by atoms with Crippen molar-refractivity contribution in [3.8, 4) is 11.5 Å². The monoisotopic (exact) mass is 395 g/mol. The van der Waals surface area contributed by atoms with Crippen LogP contribution in [0.2, 0.25) is 5.02 Å². The summed E-state index contributed by atoms with van der Waals surface area (Å²) in [6, 6.07) is 3.01. The first kappa shape index (κ1) is 20.6. The fraction of sp³-hybridized carbons (Fsp3) is 0.389. The van der Waals surface area contributed by atoms with Gasteiger partial charge in [0.15, 0.2) is 17.0 Å². The molecule has 1 heterocycles. The molecule has 27 heavy (non-hydrogen) atoms. The Morgan fingerprint density at radius 1 is 1.37 bits per heavy atom. The molecular formula is C18H22ClN3O5. The number of benzene rings is 1. The number of halogens is 1. The lowest BCUT2D eigenvalue weighted by molar-refractivity contribution is -0.146. The number of rotatable bonds is 8. The molecule has 0 radical (unpaired) electrons. The molecule has 0 saturated carbocycles. The maximum atomic E-state index is 12.5. The second-order valence-electron chi connectivity index (χ2n) is 6.33. The van der Waals surface area contributed by atoms with Crippen LogP contribution in [0.4, 0.5) is 5.69 Å². The van der Waals surface area contributed by atoms with Crippen LogP contribution in [0.1, 0.15) is 37.6 Å². The number of ether oxygens (including phenoxy) is 2. The maximum Gasteiger partial charge on any atom is 0.331 e. The average molecular weight is 396 g/mol. The predicted octanol–water partition coefficient (Wildman–Crippen LogP) is 3.41. The van der Waals surface area contributed by atoms with Gasteiger partial charge >= 0.3 is 5.97 Å². The number of nitrogens with one attached hydrogen (secondary N) is 1. The summed E-state index contributed by atoms with van der Waals surface area (Å²) in [4.78, 5) is 23.8. The van der Waals surface area contributed by atoms with Gasteiger partial charge in [-0.25, -0.2) is 4.79 Å². The lowest BCUT2D eigenvalue weighted by Crippen LogP contribution is -2.35. The molecule has 8 nitrogen and oxygen atoms in total. The Hall–Kier alpha value is -2.74. The zero-order chi connectivity index (χ0) is 20.2. The molecule has 1 amide bonds. The molecule has 2 aromatic rings. The highest BCUT2D eigenvalue weighted by Crippen LogP contribution is 2.36. The first-order valence-electron chi connectivity index (χ1n) is 8.31. The van der Waals surface area contributed by atoms with E-state index >= 15 is 0 Å². The van der Waals surface area contributed by atoms with Gasteiger partial charge in [0, 0.05) is 11.8 Å². The number of amides is 1. The number of carboxylic acids is 1. The Balaban J connectivity index is 2.23. The number of carbonyl (C=O) groups excluding carboxylic acids is 1. The van der Waals surface area contributed by atoms with Gasteiger partial charge in [0.25, 0.3) is 5.91 Å². The van der Waals surface area contributed by atoms with E-state index in [4.69, 9.17) is 21.1 Å². The normalized spacial score (nSPS) is 11.1. The summed E-state index contributed by atoms with van der Waals surface area (Å²) in [7, 11) is 1.46. The minimum absolute atomic E-state index is 0.260. The van der Waals surface area contributed by atoms with Crippen LogP contribution in [0.5, 0.6) is 11.5 Å². The van der Waals surface area contributed by atoms with Crippen molar-refractivity contribution in [1.82, 2.24) is 9.78 Å². The quantitative estimate of drug-likeness (QED) is 0.710. The van der Waals surface area contributed by atoms with Gasteiger partial charge in [-0.1, -0.05) is 18.5 Å². The van der Waals surface area contributed by atoms with Crippen LogP contribution in [0, 0.1) is 0 Å². The maximum absolute atomic E-state index is 12.5. The molecule has 1 aromatic heterocycles. The van der Waals surface area contributed by atoms with Crippen molar-refractivity contribution in [2.45, 2.75) is 32.7 Å². The molecule has 2 N–H and O–H groups in total. The van der Waals surface area contributed by atoms with Crippen LogP contribution in [-0.4, -0.2) is 40.5 Å².